The lowest BCUT2D eigenvalue weighted by atomic mass is 10.0. The van der Waals surface area contributed by atoms with E-state index in [0.717, 1.165) is 30.7 Å². The number of para-hydroxylation sites is 1. The van der Waals surface area contributed by atoms with Gasteiger partial charge in [-0.2, -0.15) is 0 Å². The van der Waals surface area contributed by atoms with Gasteiger partial charge in [0.1, 0.15) is 5.75 Å². The van der Waals surface area contributed by atoms with E-state index in [0.29, 0.717) is 13.2 Å². The average molecular weight is 276 g/mol. The van der Waals surface area contributed by atoms with Gasteiger partial charge in [0.2, 0.25) is 5.91 Å². The fourth-order valence-electron chi connectivity index (χ4n) is 2.59. The summed E-state index contributed by atoms with van der Waals surface area (Å²) in [6.45, 7) is 4.14. The molecule has 0 saturated carbocycles. The van der Waals surface area contributed by atoms with E-state index >= 15 is 0 Å². The second-order valence-corrected chi connectivity index (χ2v) is 5.24. The monoisotopic (exact) mass is 276 g/mol. The molecular weight excluding hydrogens is 252 g/mol. The fourth-order valence-corrected chi connectivity index (χ4v) is 2.59. The molecular formula is C16H24N2O2. The van der Waals surface area contributed by atoms with Crippen LogP contribution in [0.5, 0.6) is 5.75 Å². The Hall–Kier alpha value is -1.55. The van der Waals surface area contributed by atoms with Crippen LogP contribution >= 0.6 is 0 Å². The minimum absolute atomic E-state index is 0.0204. The number of hydrogen-bond donors (Lipinski definition) is 1. The predicted octanol–water partition coefficient (Wildman–Crippen LogP) is 2.19. The Morgan fingerprint density at radius 3 is 2.90 bits per heavy atom. The van der Waals surface area contributed by atoms with Crippen molar-refractivity contribution >= 4 is 5.91 Å². The van der Waals surface area contributed by atoms with Crippen molar-refractivity contribution in [2.45, 2.75) is 38.8 Å². The maximum Gasteiger partial charge on any atom is 0.239 e. The molecule has 4 heteroatoms. The summed E-state index contributed by atoms with van der Waals surface area (Å²) in [6.07, 6.45) is 3.24. The fraction of sp³-hybridized carbons (Fsp3) is 0.562. The Morgan fingerprint density at radius 2 is 2.20 bits per heavy atom. The molecule has 0 aromatic heterocycles. The lowest BCUT2D eigenvalue weighted by Gasteiger charge is -2.28. The number of benzene rings is 1. The molecule has 1 heterocycles. The molecule has 0 unspecified atom stereocenters. The average Bonchev–Trinajstić information content (AvgIpc) is 2.49. The van der Waals surface area contributed by atoms with Crippen LogP contribution < -0.4 is 10.1 Å². The molecule has 0 spiro atoms. The smallest absolute Gasteiger partial charge is 0.239 e. The number of amides is 1. The third kappa shape index (κ3) is 3.73. The number of nitrogens with zero attached hydrogens (tertiary/aromatic N) is 1. The molecule has 1 amide bonds. The van der Waals surface area contributed by atoms with Crippen molar-refractivity contribution in [1.29, 1.82) is 0 Å². The van der Waals surface area contributed by atoms with E-state index in [1.165, 1.54) is 6.42 Å². The molecule has 20 heavy (non-hydrogen) atoms. The van der Waals surface area contributed by atoms with Crippen molar-refractivity contribution in [2.75, 3.05) is 20.2 Å². The van der Waals surface area contributed by atoms with E-state index in [2.05, 4.69) is 5.32 Å². The standard InChI is InChI=1S/C16H24N2O2/c1-3-20-15-10-5-4-8-13(15)12-18(2)16(19)14-9-6-7-11-17-14/h4-5,8,10,14,17H,3,6-7,9,11-12H2,1-2H3/t14-/m0/s1. The minimum Gasteiger partial charge on any atom is -0.494 e. The molecule has 0 bridgehead atoms. The highest BCUT2D eigenvalue weighted by Crippen LogP contribution is 2.20. The van der Waals surface area contributed by atoms with Crippen LogP contribution in [0.25, 0.3) is 0 Å². The summed E-state index contributed by atoms with van der Waals surface area (Å²) >= 11 is 0. The highest BCUT2D eigenvalue weighted by atomic mass is 16.5. The lowest BCUT2D eigenvalue weighted by molar-refractivity contribution is -0.133. The summed E-state index contributed by atoms with van der Waals surface area (Å²) in [5.41, 5.74) is 1.06. The van der Waals surface area contributed by atoms with E-state index in [1.807, 2.05) is 38.2 Å². The minimum atomic E-state index is -0.0204. The molecule has 1 aromatic rings. The van der Waals surface area contributed by atoms with Gasteiger partial charge >= 0.3 is 0 Å². The van der Waals surface area contributed by atoms with Gasteiger partial charge in [-0.1, -0.05) is 24.6 Å². The van der Waals surface area contributed by atoms with Crippen LogP contribution in [0.1, 0.15) is 31.7 Å². The zero-order valence-electron chi connectivity index (χ0n) is 12.4. The van der Waals surface area contributed by atoms with E-state index in [1.54, 1.807) is 4.90 Å². The van der Waals surface area contributed by atoms with E-state index in [4.69, 9.17) is 4.74 Å². The molecule has 0 radical (unpaired) electrons. The van der Waals surface area contributed by atoms with Gasteiger partial charge in [0.25, 0.3) is 0 Å². The number of piperidine rings is 1. The summed E-state index contributed by atoms with van der Waals surface area (Å²) in [4.78, 5) is 14.2. The molecule has 0 aliphatic carbocycles. The third-order valence-electron chi connectivity index (χ3n) is 3.66. The van der Waals surface area contributed by atoms with Crippen LogP contribution in [0.15, 0.2) is 24.3 Å². The summed E-state index contributed by atoms with van der Waals surface area (Å²) < 4.78 is 5.61. The van der Waals surface area contributed by atoms with E-state index in [9.17, 15) is 4.79 Å². The van der Waals surface area contributed by atoms with Crippen molar-refractivity contribution in [3.63, 3.8) is 0 Å². The van der Waals surface area contributed by atoms with Gasteiger partial charge in [-0.3, -0.25) is 4.79 Å². The number of rotatable bonds is 5. The van der Waals surface area contributed by atoms with Gasteiger partial charge in [0.05, 0.1) is 12.6 Å². The van der Waals surface area contributed by atoms with Gasteiger partial charge in [0.15, 0.2) is 0 Å². The Kier molecular flexibility index (Phi) is 5.41. The molecule has 110 valence electrons. The molecule has 1 fully saturated rings. The first-order valence-electron chi connectivity index (χ1n) is 7.41. The lowest BCUT2D eigenvalue weighted by Crippen LogP contribution is -2.47. The van der Waals surface area contributed by atoms with E-state index < -0.39 is 0 Å². The predicted molar refractivity (Wildman–Crippen MR) is 79.7 cm³/mol. The first-order valence-corrected chi connectivity index (χ1v) is 7.41. The van der Waals surface area contributed by atoms with E-state index in [-0.39, 0.29) is 11.9 Å². The Bertz CT molecular complexity index is 442. The highest BCUT2D eigenvalue weighted by molar-refractivity contribution is 5.81. The maximum absolute atomic E-state index is 12.4. The zero-order chi connectivity index (χ0) is 14.4. The number of likely N-dealkylation sites (N-methyl/N-ethyl adjacent to an activating group) is 1. The SMILES string of the molecule is CCOc1ccccc1CN(C)C(=O)[C@@H]1CCCCN1. The second kappa shape index (κ2) is 7.29. The maximum atomic E-state index is 12.4. The Balaban J connectivity index is 1.99. The molecule has 1 aromatic carbocycles. The largest absolute Gasteiger partial charge is 0.494 e. The molecule has 1 aliphatic rings. The van der Waals surface area contributed by atoms with Crippen molar-refractivity contribution in [3.05, 3.63) is 29.8 Å². The Labute approximate surface area is 121 Å². The number of carbonyl (C=O) groups excluding carboxylic acids is 1. The molecule has 1 N–H and O–H groups in total. The van der Waals surface area contributed by atoms with Crippen LogP contribution in [-0.4, -0.2) is 37.0 Å². The van der Waals surface area contributed by atoms with Crippen molar-refractivity contribution in [1.82, 2.24) is 10.2 Å². The van der Waals surface area contributed by atoms with Gasteiger partial charge in [-0.25, -0.2) is 0 Å². The topological polar surface area (TPSA) is 41.6 Å². The van der Waals surface area contributed by atoms with Crippen LogP contribution in [0.4, 0.5) is 0 Å². The molecule has 1 saturated heterocycles. The third-order valence-corrected chi connectivity index (χ3v) is 3.66. The van der Waals surface area contributed by atoms with Crippen molar-refractivity contribution in [2.24, 2.45) is 0 Å². The van der Waals surface area contributed by atoms with Gasteiger partial charge in [-0.15, -0.1) is 0 Å². The summed E-state index contributed by atoms with van der Waals surface area (Å²) in [7, 11) is 1.86. The molecule has 1 aliphatic heterocycles. The van der Waals surface area contributed by atoms with Crippen LogP contribution in [0.2, 0.25) is 0 Å². The number of nitrogens with one attached hydrogen (secondary N) is 1. The number of carbonyl (C=O) groups is 1. The summed E-state index contributed by atoms with van der Waals surface area (Å²) in [5, 5.41) is 3.30. The Morgan fingerprint density at radius 1 is 1.40 bits per heavy atom. The van der Waals surface area contributed by atoms with Crippen LogP contribution in [0.3, 0.4) is 0 Å². The highest BCUT2D eigenvalue weighted by Gasteiger charge is 2.23. The van der Waals surface area contributed by atoms with Crippen LogP contribution in [-0.2, 0) is 11.3 Å². The summed E-state index contributed by atoms with van der Waals surface area (Å²) in [5.74, 6) is 1.04. The van der Waals surface area contributed by atoms with Gasteiger partial charge in [-0.05, 0) is 32.4 Å². The molecule has 2 rings (SSSR count). The number of hydrogen-bond acceptors (Lipinski definition) is 3. The molecule has 4 nitrogen and oxygen atoms in total. The van der Waals surface area contributed by atoms with Crippen LogP contribution in [0, 0.1) is 0 Å². The zero-order valence-corrected chi connectivity index (χ0v) is 12.4. The first kappa shape index (κ1) is 14.9. The molecule has 1 atom stereocenters. The normalized spacial score (nSPS) is 18.6. The van der Waals surface area contributed by atoms with Gasteiger partial charge < -0.3 is 15.0 Å². The summed E-state index contributed by atoms with van der Waals surface area (Å²) in [6, 6.07) is 7.89. The van der Waals surface area contributed by atoms with Gasteiger partial charge in [0, 0.05) is 19.2 Å². The first-order chi connectivity index (χ1) is 9.72. The quantitative estimate of drug-likeness (QED) is 0.896. The number of ether oxygens (including phenoxy) is 1. The van der Waals surface area contributed by atoms with Crippen molar-refractivity contribution < 1.29 is 9.53 Å². The second-order valence-electron chi connectivity index (χ2n) is 5.24. The van der Waals surface area contributed by atoms with Crippen molar-refractivity contribution in [3.8, 4) is 5.75 Å².